The molecule has 1 atom stereocenters. The second-order valence-electron chi connectivity index (χ2n) is 9.19. The van der Waals surface area contributed by atoms with E-state index in [-0.39, 0.29) is 23.6 Å². The smallest absolute Gasteiger partial charge is 0.282 e. The van der Waals surface area contributed by atoms with Crippen molar-refractivity contribution in [2.45, 2.75) is 37.7 Å². The molecule has 2 aliphatic heterocycles. The van der Waals surface area contributed by atoms with Gasteiger partial charge in [0.25, 0.3) is 23.0 Å². The van der Waals surface area contributed by atoms with Crippen LogP contribution >= 0.6 is 22.9 Å². The lowest BCUT2D eigenvalue weighted by molar-refractivity contribution is -0.129. The van der Waals surface area contributed by atoms with E-state index in [4.69, 9.17) is 16.4 Å². The Morgan fingerprint density at radius 2 is 2.02 bits per heavy atom. The second kappa shape index (κ2) is 11.9. The maximum Gasteiger partial charge on any atom is 0.282 e. The van der Waals surface area contributed by atoms with Crippen molar-refractivity contribution in [2.75, 3.05) is 6.54 Å². The molecule has 4 heterocycles. The minimum Gasteiger partial charge on any atom is -0.387 e. The maximum absolute atomic E-state index is 13.2. The molecule has 17 heteroatoms. The van der Waals surface area contributed by atoms with E-state index in [1.54, 1.807) is 29.7 Å². The third-order valence-corrected chi connectivity index (χ3v) is 8.24. The largest absolute Gasteiger partial charge is 0.387 e. The number of hydrogen-bond acceptors (Lipinski definition) is 8. The Morgan fingerprint density at radius 3 is 2.69 bits per heavy atom. The number of amides is 1. The Hall–Kier alpha value is -3.60. The molecule has 2 aromatic heterocycles. The Morgan fingerprint density at radius 1 is 1.24 bits per heavy atom. The van der Waals surface area contributed by atoms with Crippen molar-refractivity contribution >= 4 is 50.2 Å². The average molecular weight is 646 g/mol. The number of hydrogen-bond donors (Lipinski definition) is 1. The van der Waals surface area contributed by atoms with Crippen molar-refractivity contribution in [3.8, 4) is 0 Å². The number of thiazole rings is 1. The summed E-state index contributed by atoms with van der Waals surface area (Å²) in [7, 11) is -4.31. The monoisotopic (exact) mass is 645 g/mol. The minimum atomic E-state index is -4.31. The zero-order chi connectivity index (χ0) is 30.2. The van der Waals surface area contributed by atoms with Crippen LogP contribution in [0.3, 0.4) is 0 Å². The van der Waals surface area contributed by atoms with Crippen LogP contribution < -0.4 is 0 Å². The SMILES string of the molecule is O=C(Cn1nc(C(F)F)cc1C(F)F)N1C=CC(c2nc(C3=NOC(c4c(Cl)cccc4CS(=O)(=O)O)C3)cs2)=CC1. The fourth-order valence-corrected chi connectivity index (χ4v) is 6.22. The van der Waals surface area contributed by atoms with E-state index in [9.17, 15) is 35.3 Å². The molecule has 1 aromatic carbocycles. The number of halogens is 5. The topological polar surface area (TPSA) is 127 Å². The highest BCUT2D eigenvalue weighted by atomic mass is 35.5. The molecule has 222 valence electrons. The molecule has 1 N–H and O–H groups in total. The standard InChI is InChI=1S/C25H20ClF4N5O5S2/c26-15-3-1-2-14(12-42(37,38)39)22(15)20-9-16(33-40-20)18-11-41-25(31-18)13-4-6-34(7-5-13)21(36)10-35-19(24(29)30)8-17(32-35)23(27)28/h1-6,8,11,20,23-24H,7,9-10,12H2,(H,37,38,39). The zero-order valence-corrected chi connectivity index (χ0v) is 23.6. The van der Waals surface area contributed by atoms with E-state index in [1.165, 1.54) is 28.5 Å². The van der Waals surface area contributed by atoms with E-state index in [0.29, 0.717) is 38.3 Å². The fourth-order valence-electron chi connectivity index (χ4n) is 4.41. The number of benzene rings is 1. The normalized spacial score (nSPS) is 17.1. The molecule has 42 heavy (non-hydrogen) atoms. The van der Waals surface area contributed by atoms with E-state index in [0.717, 1.165) is 0 Å². The van der Waals surface area contributed by atoms with Gasteiger partial charge in [0.1, 0.15) is 34.4 Å². The molecular weight excluding hydrogens is 626 g/mol. The Bertz CT molecular complexity index is 1720. The Balaban J connectivity index is 1.24. The van der Waals surface area contributed by atoms with Gasteiger partial charge in [0, 0.05) is 40.7 Å². The minimum absolute atomic E-state index is 0.0851. The number of carbonyl (C=O) groups excluding carboxylic acids is 1. The van der Waals surface area contributed by atoms with Gasteiger partial charge in [0.15, 0.2) is 6.10 Å². The number of oxime groups is 1. The van der Waals surface area contributed by atoms with Crippen molar-refractivity contribution in [2.24, 2.45) is 5.16 Å². The molecule has 5 rings (SSSR count). The van der Waals surface area contributed by atoms with Gasteiger partial charge >= 0.3 is 0 Å². The third-order valence-electron chi connectivity index (χ3n) is 6.34. The average Bonchev–Trinajstić information content (AvgIpc) is 3.68. The van der Waals surface area contributed by atoms with Gasteiger partial charge in [-0.15, -0.1) is 11.3 Å². The van der Waals surface area contributed by atoms with Gasteiger partial charge in [0.2, 0.25) is 5.91 Å². The first-order valence-electron chi connectivity index (χ1n) is 12.1. The van der Waals surface area contributed by atoms with Gasteiger partial charge in [-0.05, 0) is 23.8 Å². The molecule has 0 aliphatic carbocycles. The van der Waals surface area contributed by atoms with Crippen LogP contribution in [0.15, 0.2) is 53.2 Å². The molecule has 0 saturated carbocycles. The van der Waals surface area contributed by atoms with Gasteiger partial charge < -0.3 is 9.74 Å². The van der Waals surface area contributed by atoms with E-state index < -0.39 is 58.7 Å². The summed E-state index contributed by atoms with van der Waals surface area (Å²) in [6.07, 6.45) is -1.83. The lowest BCUT2D eigenvalue weighted by Crippen LogP contribution is -2.31. The zero-order valence-electron chi connectivity index (χ0n) is 21.2. The van der Waals surface area contributed by atoms with Crippen LogP contribution in [0.2, 0.25) is 5.02 Å². The number of carbonyl (C=O) groups is 1. The van der Waals surface area contributed by atoms with Crippen LogP contribution in [0.1, 0.15) is 58.6 Å². The first kappa shape index (κ1) is 29.9. The van der Waals surface area contributed by atoms with E-state index >= 15 is 0 Å². The Kier molecular flexibility index (Phi) is 8.50. The van der Waals surface area contributed by atoms with Crippen molar-refractivity contribution in [1.29, 1.82) is 0 Å². The lowest BCUT2D eigenvalue weighted by Gasteiger charge is -2.20. The van der Waals surface area contributed by atoms with Crippen molar-refractivity contribution < 1.29 is 40.2 Å². The van der Waals surface area contributed by atoms with Crippen LogP contribution in [-0.2, 0) is 32.0 Å². The van der Waals surface area contributed by atoms with Gasteiger partial charge in [0.05, 0.1) is 5.69 Å². The molecule has 2 aliphatic rings. The predicted octanol–water partition coefficient (Wildman–Crippen LogP) is 5.56. The number of alkyl halides is 4. The van der Waals surface area contributed by atoms with Crippen molar-refractivity contribution in [3.63, 3.8) is 0 Å². The van der Waals surface area contributed by atoms with Crippen LogP contribution in [0.25, 0.3) is 5.57 Å². The molecule has 0 radical (unpaired) electrons. The molecule has 10 nitrogen and oxygen atoms in total. The summed E-state index contributed by atoms with van der Waals surface area (Å²) in [5.74, 6) is -1.26. The summed E-state index contributed by atoms with van der Waals surface area (Å²) in [4.78, 5) is 24.0. The summed E-state index contributed by atoms with van der Waals surface area (Å²) in [5, 5.41) is 10.2. The number of rotatable bonds is 9. The maximum atomic E-state index is 13.2. The van der Waals surface area contributed by atoms with Crippen LogP contribution in [-0.4, -0.2) is 50.8 Å². The molecular formula is C25H20ClF4N5O5S2. The highest BCUT2D eigenvalue weighted by Gasteiger charge is 2.30. The van der Waals surface area contributed by atoms with E-state index in [2.05, 4.69) is 15.2 Å². The highest BCUT2D eigenvalue weighted by molar-refractivity contribution is 7.85. The van der Waals surface area contributed by atoms with Crippen molar-refractivity contribution in [3.05, 3.63) is 86.2 Å². The molecule has 0 saturated heterocycles. The molecule has 0 spiro atoms. The quantitative estimate of drug-likeness (QED) is 0.238. The fraction of sp³-hybridized carbons (Fsp3) is 0.280. The first-order valence-corrected chi connectivity index (χ1v) is 15.0. The Labute approximate surface area is 245 Å². The predicted molar refractivity (Wildman–Crippen MR) is 145 cm³/mol. The number of nitrogens with zero attached hydrogens (tertiary/aromatic N) is 5. The molecule has 0 fully saturated rings. The summed E-state index contributed by atoms with van der Waals surface area (Å²) < 4.78 is 85.1. The van der Waals surface area contributed by atoms with Crippen LogP contribution in [0, 0.1) is 0 Å². The van der Waals surface area contributed by atoms with Crippen LogP contribution in [0.5, 0.6) is 0 Å². The first-order chi connectivity index (χ1) is 19.9. The number of aromatic nitrogens is 3. The van der Waals surface area contributed by atoms with E-state index in [1.807, 2.05) is 0 Å². The van der Waals surface area contributed by atoms with Gasteiger partial charge in [-0.2, -0.15) is 13.5 Å². The van der Waals surface area contributed by atoms with Crippen molar-refractivity contribution in [1.82, 2.24) is 19.7 Å². The lowest BCUT2D eigenvalue weighted by atomic mass is 9.99. The second-order valence-corrected chi connectivity index (χ2v) is 11.9. The summed E-state index contributed by atoms with van der Waals surface area (Å²) >= 11 is 7.62. The molecule has 1 amide bonds. The van der Waals surface area contributed by atoms with Gasteiger partial charge in [-0.25, -0.2) is 22.5 Å². The van der Waals surface area contributed by atoms with Crippen LogP contribution in [0.4, 0.5) is 17.6 Å². The molecule has 0 bridgehead atoms. The number of allylic oxidation sites excluding steroid dienone is 2. The summed E-state index contributed by atoms with van der Waals surface area (Å²) in [6.45, 7) is -0.554. The summed E-state index contributed by atoms with van der Waals surface area (Å²) in [5.41, 5.74) is 0.778. The molecule has 3 aromatic rings. The van der Waals surface area contributed by atoms with Gasteiger partial charge in [-0.3, -0.25) is 14.0 Å². The third kappa shape index (κ3) is 6.56. The summed E-state index contributed by atoms with van der Waals surface area (Å²) in [6, 6.07) is 5.26. The highest BCUT2D eigenvalue weighted by Crippen LogP contribution is 2.37. The molecule has 1 unspecified atom stereocenters. The van der Waals surface area contributed by atoms with Gasteiger partial charge in [-0.1, -0.05) is 35.0 Å².